The molecule has 1 aromatic rings. The Morgan fingerprint density at radius 3 is 2.90 bits per heavy atom. The molecule has 0 fully saturated rings. The Hall–Kier alpha value is -2.08. The van der Waals surface area contributed by atoms with Crippen molar-refractivity contribution < 1.29 is 19.4 Å². The minimum absolute atomic E-state index is 0.138. The van der Waals surface area contributed by atoms with E-state index in [2.05, 4.69) is 5.32 Å². The van der Waals surface area contributed by atoms with Gasteiger partial charge in [-0.2, -0.15) is 0 Å². The van der Waals surface area contributed by atoms with E-state index in [0.29, 0.717) is 32.8 Å². The molecule has 0 unspecified atom stereocenters. The van der Waals surface area contributed by atoms with Crippen LogP contribution in [0.2, 0.25) is 0 Å². The van der Waals surface area contributed by atoms with Gasteiger partial charge >= 0.3 is 12.0 Å². The molecule has 0 spiro atoms. The molecule has 21 heavy (non-hydrogen) atoms. The fourth-order valence-electron chi connectivity index (χ4n) is 2.35. The number of nitrogens with one attached hydrogen (secondary N) is 1. The molecule has 0 bridgehead atoms. The summed E-state index contributed by atoms with van der Waals surface area (Å²) >= 11 is 0. The van der Waals surface area contributed by atoms with Crippen LogP contribution in [0.5, 0.6) is 0 Å². The maximum Gasteiger partial charge on any atom is 0.335 e. The van der Waals surface area contributed by atoms with Gasteiger partial charge in [0.1, 0.15) is 0 Å². The number of benzene rings is 1. The van der Waals surface area contributed by atoms with Crippen molar-refractivity contribution in [3.05, 3.63) is 34.9 Å². The highest BCUT2D eigenvalue weighted by Crippen LogP contribution is 2.20. The SMILES string of the molecule is CCOCCNC(=O)N1CCc2ccc(C(=O)O)cc2C1. The molecule has 6 nitrogen and oxygen atoms in total. The summed E-state index contributed by atoms with van der Waals surface area (Å²) in [6, 6.07) is 4.96. The van der Waals surface area contributed by atoms with E-state index >= 15 is 0 Å². The van der Waals surface area contributed by atoms with E-state index in [-0.39, 0.29) is 11.6 Å². The average molecular weight is 292 g/mol. The van der Waals surface area contributed by atoms with Crippen LogP contribution in [0.4, 0.5) is 4.79 Å². The lowest BCUT2D eigenvalue weighted by molar-refractivity contribution is 0.0696. The van der Waals surface area contributed by atoms with Crippen LogP contribution in [0.1, 0.15) is 28.4 Å². The number of rotatable bonds is 5. The van der Waals surface area contributed by atoms with Gasteiger partial charge < -0.3 is 20.1 Å². The van der Waals surface area contributed by atoms with Crippen molar-refractivity contribution in [2.45, 2.75) is 19.9 Å². The number of aromatic carboxylic acids is 1. The van der Waals surface area contributed by atoms with Crippen molar-refractivity contribution in [1.82, 2.24) is 10.2 Å². The molecule has 2 N–H and O–H groups in total. The summed E-state index contributed by atoms with van der Waals surface area (Å²) in [6.45, 7) is 4.59. The van der Waals surface area contributed by atoms with Crippen molar-refractivity contribution in [3.63, 3.8) is 0 Å². The molecule has 1 aliphatic heterocycles. The molecular formula is C15H20N2O4. The lowest BCUT2D eigenvalue weighted by Gasteiger charge is -2.29. The number of carbonyl (C=O) groups is 2. The van der Waals surface area contributed by atoms with Crippen LogP contribution in [0.25, 0.3) is 0 Å². The smallest absolute Gasteiger partial charge is 0.335 e. The average Bonchev–Trinajstić information content (AvgIpc) is 2.50. The molecule has 0 aliphatic carbocycles. The minimum atomic E-state index is -0.948. The summed E-state index contributed by atoms with van der Waals surface area (Å²) < 4.78 is 5.17. The molecule has 114 valence electrons. The Labute approximate surface area is 123 Å². The lowest BCUT2D eigenvalue weighted by atomic mass is 9.97. The van der Waals surface area contributed by atoms with Crippen LogP contribution in [-0.2, 0) is 17.7 Å². The Bertz CT molecular complexity index is 530. The highest BCUT2D eigenvalue weighted by molar-refractivity contribution is 5.88. The normalized spacial score (nSPS) is 13.7. The molecule has 0 saturated heterocycles. The van der Waals surface area contributed by atoms with Crippen LogP contribution in [0.15, 0.2) is 18.2 Å². The molecule has 1 aliphatic rings. The number of hydrogen-bond donors (Lipinski definition) is 2. The Balaban J connectivity index is 1.96. The summed E-state index contributed by atoms with van der Waals surface area (Å²) in [5, 5.41) is 11.8. The first-order chi connectivity index (χ1) is 10.1. The van der Waals surface area contributed by atoms with Gasteiger partial charge in [-0.05, 0) is 36.6 Å². The lowest BCUT2D eigenvalue weighted by Crippen LogP contribution is -2.43. The van der Waals surface area contributed by atoms with E-state index in [1.165, 1.54) is 0 Å². The number of carboxylic acid groups (broad SMARTS) is 1. The Morgan fingerprint density at radius 2 is 2.19 bits per heavy atom. The van der Waals surface area contributed by atoms with Gasteiger partial charge in [-0.15, -0.1) is 0 Å². The Morgan fingerprint density at radius 1 is 1.38 bits per heavy atom. The predicted octanol–water partition coefficient (Wildman–Crippen LogP) is 1.49. The van der Waals surface area contributed by atoms with Gasteiger partial charge in [0.2, 0.25) is 0 Å². The molecule has 1 heterocycles. The van der Waals surface area contributed by atoms with Crippen molar-refractivity contribution in [2.24, 2.45) is 0 Å². The van der Waals surface area contributed by atoms with E-state index in [9.17, 15) is 9.59 Å². The summed E-state index contributed by atoms with van der Waals surface area (Å²) in [5.74, 6) is -0.948. The fraction of sp³-hybridized carbons (Fsp3) is 0.467. The van der Waals surface area contributed by atoms with Gasteiger partial charge in [0.25, 0.3) is 0 Å². The molecule has 0 radical (unpaired) electrons. The minimum Gasteiger partial charge on any atom is -0.478 e. The molecule has 0 aromatic heterocycles. The maximum absolute atomic E-state index is 12.0. The van der Waals surface area contributed by atoms with Crippen LogP contribution in [0.3, 0.4) is 0 Å². The number of hydrogen-bond acceptors (Lipinski definition) is 3. The largest absolute Gasteiger partial charge is 0.478 e. The third-order valence-electron chi connectivity index (χ3n) is 3.48. The second kappa shape index (κ2) is 7.08. The van der Waals surface area contributed by atoms with Crippen molar-refractivity contribution in [1.29, 1.82) is 0 Å². The van der Waals surface area contributed by atoms with E-state index < -0.39 is 5.97 Å². The first-order valence-corrected chi connectivity index (χ1v) is 7.07. The molecular weight excluding hydrogens is 272 g/mol. The third-order valence-corrected chi connectivity index (χ3v) is 3.48. The van der Waals surface area contributed by atoms with Crippen molar-refractivity contribution in [3.8, 4) is 0 Å². The van der Waals surface area contributed by atoms with Gasteiger partial charge in [-0.1, -0.05) is 6.07 Å². The predicted molar refractivity (Wildman–Crippen MR) is 77.4 cm³/mol. The second-order valence-electron chi connectivity index (χ2n) is 4.89. The van der Waals surface area contributed by atoms with Crippen LogP contribution < -0.4 is 5.32 Å². The van der Waals surface area contributed by atoms with E-state index in [0.717, 1.165) is 17.5 Å². The first-order valence-electron chi connectivity index (χ1n) is 7.07. The van der Waals surface area contributed by atoms with Crippen LogP contribution >= 0.6 is 0 Å². The van der Waals surface area contributed by atoms with E-state index in [4.69, 9.17) is 9.84 Å². The van der Waals surface area contributed by atoms with Gasteiger partial charge in [0, 0.05) is 26.2 Å². The first kappa shape index (κ1) is 15.3. The quantitative estimate of drug-likeness (QED) is 0.806. The zero-order chi connectivity index (χ0) is 15.2. The summed E-state index contributed by atoms with van der Waals surface area (Å²) in [7, 11) is 0. The van der Waals surface area contributed by atoms with Gasteiger partial charge in [-0.25, -0.2) is 9.59 Å². The standard InChI is InChI=1S/C15H20N2O4/c1-2-21-8-6-16-15(20)17-7-5-11-3-4-12(14(18)19)9-13(11)10-17/h3-4,9H,2,5-8,10H2,1H3,(H,16,20)(H,18,19). The molecule has 2 rings (SSSR count). The van der Waals surface area contributed by atoms with E-state index in [1.807, 2.05) is 13.0 Å². The topological polar surface area (TPSA) is 78.9 Å². The van der Waals surface area contributed by atoms with Crippen LogP contribution in [-0.4, -0.2) is 48.3 Å². The maximum atomic E-state index is 12.0. The number of fused-ring (bicyclic) bond motifs is 1. The third kappa shape index (κ3) is 3.95. The second-order valence-corrected chi connectivity index (χ2v) is 4.89. The fourth-order valence-corrected chi connectivity index (χ4v) is 2.35. The number of carboxylic acids is 1. The van der Waals surface area contributed by atoms with E-state index in [1.54, 1.807) is 17.0 Å². The number of amides is 2. The van der Waals surface area contributed by atoms with Gasteiger partial charge in [0.15, 0.2) is 0 Å². The number of nitrogens with zero attached hydrogens (tertiary/aromatic N) is 1. The highest BCUT2D eigenvalue weighted by atomic mass is 16.5. The molecule has 0 saturated carbocycles. The highest BCUT2D eigenvalue weighted by Gasteiger charge is 2.21. The van der Waals surface area contributed by atoms with Crippen molar-refractivity contribution in [2.75, 3.05) is 26.3 Å². The molecule has 2 amide bonds. The molecule has 6 heteroatoms. The zero-order valence-electron chi connectivity index (χ0n) is 12.1. The zero-order valence-corrected chi connectivity index (χ0v) is 12.1. The van der Waals surface area contributed by atoms with Gasteiger partial charge in [0.05, 0.1) is 12.2 Å². The van der Waals surface area contributed by atoms with Gasteiger partial charge in [-0.3, -0.25) is 0 Å². The Kier molecular flexibility index (Phi) is 5.16. The number of urea groups is 1. The molecule has 1 aromatic carbocycles. The number of carbonyl (C=O) groups excluding carboxylic acids is 1. The van der Waals surface area contributed by atoms with Crippen LogP contribution in [0, 0.1) is 0 Å². The molecule has 0 atom stereocenters. The number of ether oxygens (including phenoxy) is 1. The monoisotopic (exact) mass is 292 g/mol. The summed E-state index contributed by atoms with van der Waals surface area (Å²) in [4.78, 5) is 24.7. The summed E-state index contributed by atoms with van der Waals surface area (Å²) in [5.41, 5.74) is 2.27. The van der Waals surface area contributed by atoms with Crippen molar-refractivity contribution >= 4 is 12.0 Å². The summed E-state index contributed by atoms with van der Waals surface area (Å²) in [6.07, 6.45) is 0.744.